The molecule has 0 amide bonds. The number of halogens is 1. The van der Waals surface area contributed by atoms with Gasteiger partial charge >= 0.3 is 0 Å². The molecule has 78 valence electrons. The first kappa shape index (κ1) is 10.1. The summed E-state index contributed by atoms with van der Waals surface area (Å²) in [5, 5.41) is 10.4. The number of rotatable bonds is 1. The van der Waals surface area contributed by atoms with Gasteiger partial charge in [-0.05, 0) is 19.9 Å². The normalized spacial score (nSPS) is 10.9. The Morgan fingerprint density at radius 3 is 2.73 bits per heavy atom. The van der Waals surface area contributed by atoms with Gasteiger partial charge in [-0.2, -0.15) is 0 Å². The minimum Gasteiger partial charge on any atom is -0.506 e. The number of aromatic nitrogens is 1. The molecule has 0 atom stereocenters. The van der Waals surface area contributed by atoms with Gasteiger partial charge in [0.1, 0.15) is 5.75 Å². The standard InChI is InChI=1S/C11H10ClNO2/c1-5-11(6(2)14)7-3-8(12)10(15)4-9(7)13-5/h3-4,13,15H,1-2H3. The highest BCUT2D eigenvalue weighted by molar-refractivity contribution is 6.33. The molecule has 0 aliphatic heterocycles. The lowest BCUT2D eigenvalue weighted by Crippen LogP contribution is -1.92. The number of phenolic OH excluding ortho intramolecular Hbond substituents is 1. The van der Waals surface area contributed by atoms with E-state index in [1.165, 1.54) is 13.0 Å². The number of nitrogens with one attached hydrogen (secondary N) is 1. The van der Waals surface area contributed by atoms with E-state index in [1.807, 2.05) is 6.92 Å². The van der Waals surface area contributed by atoms with Crippen molar-refractivity contribution in [3.8, 4) is 5.75 Å². The molecule has 0 saturated heterocycles. The van der Waals surface area contributed by atoms with E-state index in [0.717, 1.165) is 16.6 Å². The minimum atomic E-state index is -0.0134. The Balaban J connectivity index is 2.87. The second kappa shape index (κ2) is 3.28. The molecule has 0 saturated carbocycles. The highest BCUT2D eigenvalue weighted by atomic mass is 35.5. The number of carbonyl (C=O) groups excluding carboxylic acids is 1. The molecule has 1 aromatic heterocycles. The molecule has 1 aromatic carbocycles. The zero-order chi connectivity index (χ0) is 11.2. The lowest BCUT2D eigenvalue weighted by atomic mass is 10.1. The maximum Gasteiger partial charge on any atom is 0.162 e. The Bertz CT molecular complexity index is 557. The van der Waals surface area contributed by atoms with Gasteiger partial charge in [0.05, 0.1) is 10.5 Å². The summed E-state index contributed by atoms with van der Waals surface area (Å²) in [7, 11) is 0. The molecule has 0 aliphatic carbocycles. The van der Waals surface area contributed by atoms with Crippen molar-refractivity contribution in [1.29, 1.82) is 0 Å². The Hall–Kier alpha value is -1.48. The smallest absolute Gasteiger partial charge is 0.162 e. The molecule has 3 nitrogen and oxygen atoms in total. The third-order valence-corrected chi connectivity index (χ3v) is 2.71. The van der Waals surface area contributed by atoms with Crippen molar-refractivity contribution in [3.63, 3.8) is 0 Å². The van der Waals surface area contributed by atoms with E-state index in [1.54, 1.807) is 6.07 Å². The molecule has 15 heavy (non-hydrogen) atoms. The van der Waals surface area contributed by atoms with E-state index in [2.05, 4.69) is 4.98 Å². The second-order valence-electron chi connectivity index (χ2n) is 3.53. The van der Waals surface area contributed by atoms with Crippen molar-refractivity contribution in [2.75, 3.05) is 0 Å². The van der Waals surface area contributed by atoms with E-state index < -0.39 is 0 Å². The molecule has 0 bridgehead atoms. The second-order valence-corrected chi connectivity index (χ2v) is 3.94. The third kappa shape index (κ3) is 1.49. The van der Waals surface area contributed by atoms with E-state index in [-0.39, 0.29) is 16.6 Å². The molecule has 0 spiro atoms. The summed E-state index contributed by atoms with van der Waals surface area (Å²) in [5.74, 6) is 0.000949. The van der Waals surface area contributed by atoms with Gasteiger partial charge in [-0.3, -0.25) is 4.79 Å². The van der Waals surface area contributed by atoms with Crippen LogP contribution >= 0.6 is 11.6 Å². The molecule has 2 aromatic rings. The molecule has 4 heteroatoms. The zero-order valence-corrected chi connectivity index (χ0v) is 9.14. The van der Waals surface area contributed by atoms with E-state index in [4.69, 9.17) is 11.6 Å². The number of Topliss-reactive ketones (excluding diaryl/α,β-unsaturated/α-hetero) is 1. The molecule has 0 radical (unpaired) electrons. The minimum absolute atomic E-state index is 0.0134. The maximum absolute atomic E-state index is 11.4. The quantitative estimate of drug-likeness (QED) is 0.730. The topological polar surface area (TPSA) is 53.1 Å². The summed E-state index contributed by atoms with van der Waals surface area (Å²) >= 11 is 5.80. The van der Waals surface area contributed by atoms with Crippen LogP contribution in [0.25, 0.3) is 10.9 Å². The summed E-state index contributed by atoms with van der Waals surface area (Å²) in [6, 6.07) is 3.13. The average Bonchev–Trinajstić information content (AvgIpc) is 2.41. The lowest BCUT2D eigenvalue weighted by molar-refractivity contribution is 0.101. The fourth-order valence-corrected chi connectivity index (χ4v) is 1.96. The molecule has 2 N–H and O–H groups in total. The van der Waals surface area contributed by atoms with Gasteiger partial charge in [0.15, 0.2) is 5.78 Å². The number of hydrogen-bond acceptors (Lipinski definition) is 2. The predicted molar refractivity (Wildman–Crippen MR) is 59.7 cm³/mol. The number of phenols is 1. The van der Waals surface area contributed by atoms with Gasteiger partial charge in [-0.1, -0.05) is 11.6 Å². The first-order valence-corrected chi connectivity index (χ1v) is 4.90. The number of fused-ring (bicyclic) bond motifs is 1. The summed E-state index contributed by atoms with van der Waals surface area (Å²) in [6.45, 7) is 3.33. The largest absolute Gasteiger partial charge is 0.506 e. The number of aromatic amines is 1. The number of carbonyl (C=O) groups is 1. The van der Waals surface area contributed by atoms with E-state index >= 15 is 0 Å². The van der Waals surface area contributed by atoms with Crippen molar-refractivity contribution in [2.24, 2.45) is 0 Å². The van der Waals surface area contributed by atoms with Gasteiger partial charge in [-0.15, -0.1) is 0 Å². The van der Waals surface area contributed by atoms with Crippen molar-refractivity contribution < 1.29 is 9.90 Å². The number of aryl methyl sites for hydroxylation is 1. The molecular weight excluding hydrogens is 214 g/mol. The van der Waals surface area contributed by atoms with Crippen LogP contribution in [-0.2, 0) is 0 Å². The number of H-pyrrole nitrogens is 1. The van der Waals surface area contributed by atoms with Crippen molar-refractivity contribution in [3.05, 3.63) is 28.4 Å². The summed E-state index contributed by atoms with van der Waals surface area (Å²) < 4.78 is 0. The number of benzene rings is 1. The summed E-state index contributed by atoms with van der Waals surface area (Å²) in [5.41, 5.74) is 2.14. The van der Waals surface area contributed by atoms with Crippen LogP contribution < -0.4 is 0 Å². The van der Waals surface area contributed by atoms with Gasteiger partial charge in [-0.25, -0.2) is 0 Å². The van der Waals surface area contributed by atoms with Crippen LogP contribution in [0.4, 0.5) is 0 Å². The Morgan fingerprint density at radius 2 is 2.13 bits per heavy atom. The van der Waals surface area contributed by atoms with Crippen LogP contribution in [0.5, 0.6) is 5.75 Å². The first-order chi connectivity index (χ1) is 7.00. The van der Waals surface area contributed by atoms with Crippen LogP contribution in [0, 0.1) is 6.92 Å². The molecule has 1 heterocycles. The van der Waals surface area contributed by atoms with E-state index in [0.29, 0.717) is 5.56 Å². The summed E-state index contributed by atoms with van der Waals surface area (Å²) in [6.07, 6.45) is 0. The molecular formula is C11H10ClNO2. The van der Waals surface area contributed by atoms with Crippen molar-refractivity contribution in [2.45, 2.75) is 13.8 Å². The molecule has 0 unspecified atom stereocenters. The lowest BCUT2D eigenvalue weighted by Gasteiger charge is -1.98. The van der Waals surface area contributed by atoms with Crippen LogP contribution in [0.3, 0.4) is 0 Å². The summed E-state index contributed by atoms with van der Waals surface area (Å²) in [4.78, 5) is 14.4. The molecule has 2 rings (SSSR count). The number of ketones is 1. The Labute approximate surface area is 91.7 Å². The van der Waals surface area contributed by atoms with Crippen LogP contribution in [0.15, 0.2) is 12.1 Å². The first-order valence-electron chi connectivity index (χ1n) is 4.52. The van der Waals surface area contributed by atoms with E-state index in [9.17, 15) is 9.90 Å². The number of hydrogen-bond donors (Lipinski definition) is 2. The Kier molecular flexibility index (Phi) is 2.20. The maximum atomic E-state index is 11.4. The fourth-order valence-electron chi connectivity index (χ4n) is 1.79. The van der Waals surface area contributed by atoms with Crippen LogP contribution in [0.1, 0.15) is 23.0 Å². The monoisotopic (exact) mass is 223 g/mol. The highest BCUT2D eigenvalue weighted by Gasteiger charge is 2.14. The number of aromatic hydroxyl groups is 1. The van der Waals surface area contributed by atoms with Gasteiger partial charge in [0, 0.05) is 22.7 Å². The zero-order valence-electron chi connectivity index (χ0n) is 8.39. The van der Waals surface area contributed by atoms with Crippen molar-refractivity contribution in [1.82, 2.24) is 4.98 Å². The van der Waals surface area contributed by atoms with Crippen LogP contribution in [-0.4, -0.2) is 15.9 Å². The predicted octanol–water partition coefficient (Wildman–Crippen LogP) is 3.04. The Morgan fingerprint density at radius 1 is 1.47 bits per heavy atom. The third-order valence-electron chi connectivity index (χ3n) is 2.41. The van der Waals surface area contributed by atoms with Gasteiger partial charge < -0.3 is 10.1 Å². The SMILES string of the molecule is CC(=O)c1c(C)[nH]c2cc(O)c(Cl)cc12. The van der Waals surface area contributed by atoms with Gasteiger partial charge in [0.2, 0.25) is 0 Å². The average molecular weight is 224 g/mol. The van der Waals surface area contributed by atoms with Gasteiger partial charge in [0.25, 0.3) is 0 Å². The molecule has 0 aliphatic rings. The van der Waals surface area contributed by atoms with Crippen LogP contribution in [0.2, 0.25) is 5.02 Å². The molecule has 0 fully saturated rings. The fraction of sp³-hybridized carbons (Fsp3) is 0.182. The van der Waals surface area contributed by atoms with Crippen molar-refractivity contribution >= 4 is 28.3 Å². The highest BCUT2D eigenvalue weighted by Crippen LogP contribution is 2.31.